The molecule has 1 aliphatic carbocycles. The second-order valence-corrected chi connectivity index (χ2v) is 8.16. The lowest BCUT2D eigenvalue weighted by Crippen LogP contribution is -2.44. The monoisotopic (exact) mass is 364 g/mol. The molecule has 0 aromatic carbocycles. The number of hydrogen-bond acceptors (Lipinski definition) is 5. The molecule has 1 saturated heterocycles. The SMILES string of the molecule is O=C(C1CC(O)C1)N1CC[C@@]2(C1)CN(Cc1ccccn1)c1cccnc12. The van der Waals surface area contributed by atoms with E-state index in [-0.39, 0.29) is 23.3 Å². The van der Waals surface area contributed by atoms with Gasteiger partial charge in [0.05, 0.1) is 35.1 Å². The molecule has 27 heavy (non-hydrogen) atoms. The van der Waals surface area contributed by atoms with E-state index in [2.05, 4.69) is 16.0 Å². The molecule has 1 amide bonds. The van der Waals surface area contributed by atoms with Crippen LogP contribution in [0, 0.1) is 5.92 Å². The van der Waals surface area contributed by atoms with Crippen molar-refractivity contribution in [2.24, 2.45) is 5.92 Å². The second kappa shape index (κ2) is 6.30. The minimum absolute atomic E-state index is 0.00405. The lowest BCUT2D eigenvalue weighted by atomic mass is 9.81. The maximum Gasteiger partial charge on any atom is 0.225 e. The molecule has 3 aliphatic rings. The number of anilines is 1. The fourth-order valence-electron chi connectivity index (χ4n) is 4.84. The number of carbonyl (C=O) groups is 1. The third-order valence-corrected chi connectivity index (χ3v) is 6.33. The first-order valence-electron chi connectivity index (χ1n) is 9.72. The Bertz CT molecular complexity index is 852. The zero-order chi connectivity index (χ0) is 18.4. The van der Waals surface area contributed by atoms with Crippen LogP contribution in [0.4, 0.5) is 5.69 Å². The number of pyridine rings is 2. The molecule has 4 heterocycles. The van der Waals surface area contributed by atoms with Crippen LogP contribution in [0.3, 0.4) is 0 Å². The normalized spacial score (nSPS) is 29.1. The molecule has 2 aliphatic heterocycles. The highest BCUT2D eigenvalue weighted by Crippen LogP contribution is 2.46. The van der Waals surface area contributed by atoms with Gasteiger partial charge in [0.15, 0.2) is 0 Å². The molecule has 1 spiro atoms. The Labute approximate surface area is 158 Å². The molecule has 1 atom stereocenters. The molecule has 0 bridgehead atoms. The Morgan fingerprint density at radius 1 is 1.15 bits per heavy atom. The Morgan fingerprint density at radius 2 is 2.00 bits per heavy atom. The summed E-state index contributed by atoms with van der Waals surface area (Å²) in [5.41, 5.74) is 3.23. The van der Waals surface area contributed by atoms with Crippen LogP contribution in [0.5, 0.6) is 0 Å². The van der Waals surface area contributed by atoms with Gasteiger partial charge in [-0.05, 0) is 43.5 Å². The van der Waals surface area contributed by atoms with Crippen LogP contribution in [-0.4, -0.2) is 51.6 Å². The Kier molecular flexibility index (Phi) is 3.90. The summed E-state index contributed by atoms with van der Waals surface area (Å²) >= 11 is 0. The summed E-state index contributed by atoms with van der Waals surface area (Å²) in [6.07, 6.45) is 5.56. The second-order valence-electron chi connectivity index (χ2n) is 8.16. The van der Waals surface area contributed by atoms with Gasteiger partial charge in [-0.3, -0.25) is 14.8 Å². The topological polar surface area (TPSA) is 69.6 Å². The minimum atomic E-state index is -0.293. The zero-order valence-electron chi connectivity index (χ0n) is 15.3. The Hall–Kier alpha value is -2.47. The predicted molar refractivity (Wildman–Crippen MR) is 101 cm³/mol. The third-order valence-electron chi connectivity index (χ3n) is 6.33. The molecule has 5 rings (SSSR count). The summed E-state index contributed by atoms with van der Waals surface area (Å²) in [7, 11) is 0. The van der Waals surface area contributed by atoms with Gasteiger partial charge >= 0.3 is 0 Å². The summed E-state index contributed by atoms with van der Waals surface area (Å²) < 4.78 is 0. The fourth-order valence-corrected chi connectivity index (χ4v) is 4.84. The summed E-state index contributed by atoms with van der Waals surface area (Å²) in [4.78, 5) is 26.3. The number of fused-ring (bicyclic) bond motifs is 2. The van der Waals surface area contributed by atoms with Crippen molar-refractivity contribution in [3.8, 4) is 0 Å². The van der Waals surface area contributed by atoms with Gasteiger partial charge in [-0.1, -0.05) is 6.07 Å². The highest BCUT2D eigenvalue weighted by Gasteiger charge is 2.50. The van der Waals surface area contributed by atoms with E-state index in [1.54, 1.807) is 0 Å². The highest BCUT2D eigenvalue weighted by atomic mass is 16.3. The number of amides is 1. The van der Waals surface area contributed by atoms with Crippen molar-refractivity contribution in [2.75, 3.05) is 24.5 Å². The van der Waals surface area contributed by atoms with Crippen molar-refractivity contribution < 1.29 is 9.90 Å². The Balaban J connectivity index is 1.38. The van der Waals surface area contributed by atoms with Gasteiger partial charge in [-0.25, -0.2) is 0 Å². The van der Waals surface area contributed by atoms with Gasteiger partial charge in [0.25, 0.3) is 0 Å². The van der Waals surface area contributed by atoms with E-state index in [0.29, 0.717) is 12.8 Å². The van der Waals surface area contributed by atoms with Crippen LogP contribution >= 0.6 is 0 Å². The summed E-state index contributed by atoms with van der Waals surface area (Å²) in [6, 6.07) is 10.1. The van der Waals surface area contributed by atoms with Crippen molar-refractivity contribution in [3.63, 3.8) is 0 Å². The molecule has 6 heteroatoms. The molecule has 2 aromatic heterocycles. The van der Waals surface area contributed by atoms with E-state index in [1.165, 1.54) is 0 Å². The Morgan fingerprint density at radius 3 is 2.78 bits per heavy atom. The lowest BCUT2D eigenvalue weighted by Gasteiger charge is -2.34. The molecule has 6 nitrogen and oxygen atoms in total. The number of nitrogens with zero attached hydrogens (tertiary/aromatic N) is 4. The van der Waals surface area contributed by atoms with Crippen LogP contribution in [0.15, 0.2) is 42.7 Å². The highest BCUT2D eigenvalue weighted by molar-refractivity contribution is 5.80. The average molecular weight is 364 g/mol. The van der Waals surface area contributed by atoms with E-state index >= 15 is 0 Å². The molecule has 2 fully saturated rings. The molecule has 0 unspecified atom stereocenters. The van der Waals surface area contributed by atoms with Crippen LogP contribution < -0.4 is 4.90 Å². The largest absolute Gasteiger partial charge is 0.393 e. The van der Waals surface area contributed by atoms with E-state index in [1.807, 2.05) is 41.6 Å². The zero-order valence-corrected chi connectivity index (χ0v) is 15.3. The van der Waals surface area contributed by atoms with E-state index < -0.39 is 0 Å². The first kappa shape index (κ1) is 16.7. The van der Waals surface area contributed by atoms with Gasteiger partial charge in [-0.2, -0.15) is 0 Å². The van der Waals surface area contributed by atoms with Crippen molar-refractivity contribution in [2.45, 2.75) is 37.3 Å². The number of aromatic nitrogens is 2. The van der Waals surface area contributed by atoms with Crippen LogP contribution in [-0.2, 0) is 16.8 Å². The number of aliphatic hydroxyl groups is 1. The minimum Gasteiger partial charge on any atom is -0.393 e. The number of hydrogen-bond donors (Lipinski definition) is 1. The number of rotatable bonds is 3. The van der Waals surface area contributed by atoms with Crippen molar-refractivity contribution >= 4 is 11.6 Å². The summed E-state index contributed by atoms with van der Waals surface area (Å²) in [5.74, 6) is 0.210. The molecular formula is C21H24N4O2. The first-order valence-corrected chi connectivity index (χ1v) is 9.72. The van der Waals surface area contributed by atoms with Gasteiger partial charge < -0.3 is 14.9 Å². The molecule has 0 radical (unpaired) electrons. The summed E-state index contributed by atoms with van der Waals surface area (Å²) in [5, 5.41) is 9.53. The predicted octanol–water partition coefficient (Wildman–Crippen LogP) is 1.74. The average Bonchev–Trinajstić information content (AvgIpc) is 3.23. The molecular weight excluding hydrogens is 340 g/mol. The van der Waals surface area contributed by atoms with Gasteiger partial charge in [-0.15, -0.1) is 0 Å². The number of carbonyl (C=O) groups excluding carboxylic acids is 1. The van der Waals surface area contributed by atoms with Crippen molar-refractivity contribution in [1.29, 1.82) is 0 Å². The maximum absolute atomic E-state index is 12.8. The van der Waals surface area contributed by atoms with Crippen LogP contribution in [0.2, 0.25) is 0 Å². The van der Waals surface area contributed by atoms with Crippen molar-refractivity contribution in [3.05, 3.63) is 54.1 Å². The smallest absolute Gasteiger partial charge is 0.225 e. The molecule has 1 N–H and O–H groups in total. The number of aliphatic hydroxyl groups excluding tert-OH is 1. The molecule has 1 saturated carbocycles. The standard InChI is InChI=1S/C21H24N4O2/c26-17-10-15(11-17)20(27)24-9-6-21(13-24)14-25(12-16-4-1-2-7-22-16)18-5-3-8-23-19(18)21/h1-5,7-8,15,17,26H,6,9-14H2/t15?,17?,21-/m1/s1. The first-order chi connectivity index (χ1) is 13.1. The van der Waals surface area contributed by atoms with E-state index in [9.17, 15) is 9.90 Å². The maximum atomic E-state index is 12.8. The van der Waals surface area contributed by atoms with Gasteiger partial charge in [0, 0.05) is 37.9 Å². The third kappa shape index (κ3) is 2.79. The van der Waals surface area contributed by atoms with Gasteiger partial charge in [0.2, 0.25) is 5.91 Å². The van der Waals surface area contributed by atoms with Gasteiger partial charge in [0.1, 0.15) is 0 Å². The molecule has 140 valence electrons. The van der Waals surface area contributed by atoms with Crippen LogP contribution in [0.25, 0.3) is 0 Å². The fraction of sp³-hybridized carbons (Fsp3) is 0.476. The quantitative estimate of drug-likeness (QED) is 0.898. The number of likely N-dealkylation sites (tertiary alicyclic amines) is 1. The lowest BCUT2D eigenvalue weighted by molar-refractivity contribution is -0.141. The van der Waals surface area contributed by atoms with E-state index in [0.717, 1.165) is 49.7 Å². The van der Waals surface area contributed by atoms with Crippen LogP contribution in [0.1, 0.15) is 30.7 Å². The van der Waals surface area contributed by atoms with Crippen molar-refractivity contribution in [1.82, 2.24) is 14.9 Å². The molecule has 2 aromatic rings. The summed E-state index contributed by atoms with van der Waals surface area (Å²) in [6.45, 7) is 3.12. The van der Waals surface area contributed by atoms with E-state index in [4.69, 9.17) is 4.98 Å².